The number of likely N-dealkylation sites (tertiary alicyclic amines) is 1. The fourth-order valence-electron chi connectivity index (χ4n) is 3.97. The van der Waals surface area contributed by atoms with Crippen LogP contribution < -0.4 is 4.90 Å². The van der Waals surface area contributed by atoms with Gasteiger partial charge in [-0.15, -0.1) is 0 Å². The summed E-state index contributed by atoms with van der Waals surface area (Å²) in [5.74, 6) is 0.318. The maximum absolute atomic E-state index is 12.7. The Morgan fingerprint density at radius 3 is 1.88 bits per heavy atom. The third kappa shape index (κ3) is 2.99. The highest BCUT2D eigenvalue weighted by Gasteiger charge is 2.51. The van der Waals surface area contributed by atoms with Gasteiger partial charge in [0.15, 0.2) is 0 Å². The summed E-state index contributed by atoms with van der Waals surface area (Å²) in [5, 5.41) is 0. The lowest BCUT2D eigenvalue weighted by Gasteiger charge is -2.36. The molecule has 2 saturated heterocycles. The maximum Gasteiger partial charge on any atom is 0.226 e. The lowest BCUT2D eigenvalue weighted by molar-refractivity contribution is -0.137. The summed E-state index contributed by atoms with van der Waals surface area (Å²) < 4.78 is 0. The van der Waals surface area contributed by atoms with Gasteiger partial charge in [-0.2, -0.15) is 0 Å². The van der Waals surface area contributed by atoms with Gasteiger partial charge in [0.25, 0.3) is 0 Å². The van der Waals surface area contributed by atoms with Crippen LogP contribution in [0.5, 0.6) is 0 Å². The van der Waals surface area contributed by atoms with Crippen LogP contribution in [0.2, 0.25) is 0 Å². The molecule has 1 aromatic rings. The van der Waals surface area contributed by atoms with Crippen molar-refractivity contribution in [1.82, 2.24) is 9.80 Å². The summed E-state index contributed by atoms with van der Waals surface area (Å²) in [6.45, 7) is 5.02. The molecule has 2 amide bonds. The van der Waals surface area contributed by atoms with Crippen molar-refractivity contribution in [2.45, 2.75) is 19.3 Å². The van der Waals surface area contributed by atoms with Crippen LogP contribution >= 0.6 is 0 Å². The zero-order valence-corrected chi connectivity index (χ0v) is 14.1. The molecule has 2 heterocycles. The van der Waals surface area contributed by atoms with E-state index in [9.17, 15) is 9.59 Å². The molecule has 0 N–H and O–H groups in total. The summed E-state index contributed by atoms with van der Waals surface area (Å²) in [4.78, 5) is 31.3. The Labute approximate surface area is 143 Å². The molecule has 2 unspecified atom stereocenters. The van der Waals surface area contributed by atoms with Crippen molar-refractivity contribution >= 4 is 17.5 Å². The van der Waals surface area contributed by atoms with Gasteiger partial charge in [0.05, 0.1) is 11.8 Å². The summed E-state index contributed by atoms with van der Waals surface area (Å²) in [6, 6.07) is 10.3. The number of hydrogen-bond acceptors (Lipinski definition) is 3. The van der Waals surface area contributed by atoms with Crippen LogP contribution in [0, 0.1) is 11.8 Å². The third-order valence-corrected chi connectivity index (χ3v) is 5.56. The van der Waals surface area contributed by atoms with Gasteiger partial charge in [0.1, 0.15) is 0 Å². The second-order valence-electron chi connectivity index (χ2n) is 7.13. The second-order valence-corrected chi connectivity index (χ2v) is 7.13. The van der Waals surface area contributed by atoms with Crippen LogP contribution in [-0.4, -0.2) is 60.9 Å². The van der Waals surface area contributed by atoms with E-state index in [1.807, 2.05) is 28.0 Å². The van der Waals surface area contributed by atoms with Crippen molar-refractivity contribution in [3.63, 3.8) is 0 Å². The summed E-state index contributed by atoms with van der Waals surface area (Å²) in [7, 11) is 0. The molecule has 1 saturated carbocycles. The normalized spacial score (nSPS) is 26.6. The van der Waals surface area contributed by atoms with E-state index < -0.39 is 0 Å². The van der Waals surface area contributed by atoms with Crippen molar-refractivity contribution in [2.24, 2.45) is 11.8 Å². The van der Waals surface area contributed by atoms with E-state index >= 15 is 0 Å². The van der Waals surface area contributed by atoms with Crippen LogP contribution in [-0.2, 0) is 9.59 Å². The van der Waals surface area contributed by atoms with Crippen LogP contribution in [0.3, 0.4) is 0 Å². The number of para-hydroxylation sites is 1. The molecular formula is C19H25N3O2. The topological polar surface area (TPSA) is 43.9 Å². The predicted molar refractivity (Wildman–Crippen MR) is 92.6 cm³/mol. The fraction of sp³-hybridized carbons (Fsp3) is 0.579. The number of hydrogen-bond donors (Lipinski definition) is 0. The van der Waals surface area contributed by atoms with Gasteiger partial charge in [-0.3, -0.25) is 9.59 Å². The molecule has 1 aliphatic carbocycles. The number of anilines is 1. The van der Waals surface area contributed by atoms with Crippen molar-refractivity contribution < 1.29 is 9.59 Å². The molecule has 3 aliphatic rings. The zero-order valence-electron chi connectivity index (χ0n) is 14.1. The van der Waals surface area contributed by atoms with Gasteiger partial charge in [-0.05, 0) is 31.4 Å². The average molecular weight is 327 g/mol. The SMILES string of the molecule is O=C(C1CC1C(=O)N1CCN(c2ccccc2)CC1)N1CCCC1. The van der Waals surface area contributed by atoms with Gasteiger partial charge in [-0.1, -0.05) is 18.2 Å². The minimum Gasteiger partial charge on any atom is -0.368 e. The molecular weight excluding hydrogens is 302 g/mol. The Balaban J connectivity index is 1.29. The largest absolute Gasteiger partial charge is 0.368 e. The number of piperazine rings is 1. The second kappa shape index (κ2) is 6.46. The summed E-state index contributed by atoms with van der Waals surface area (Å²) in [5.41, 5.74) is 1.22. The number of benzene rings is 1. The number of rotatable bonds is 3. The van der Waals surface area contributed by atoms with Gasteiger partial charge < -0.3 is 14.7 Å². The molecule has 5 nitrogen and oxygen atoms in total. The van der Waals surface area contributed by atoms with Gasteiger partial charge in [0, 0.05) is 45.0 Å². The first-order chi connectivity index (χ1) is 11.7. The molecule has 5 heteroatoms. The molecule has 0 aromatic heterocycles. The molecule has 2 aliphatic heterocycles. The molecule has 4 rings (SSSR count). The van der Waals surface area contributed by atoms with Crippen molar-refractivity contribution in [2.75, 3.05) is 44.2 Å². The molecule has 3 fully saturated rings. The van der Waals surface area contributed by atoms with Crippen molar-refractivity contribution in [1.29, 1.82) is 0 Å². The van der Waals surface area contributed by atoms with Crippen LogP contribution in [0.25, 0.3) is 0 Å². The highest BCUT2D eigenvalue weighted by atomic mass is 16.2. The van der Waals surface area contributed by atoms with Crippen LogP contribution in [0.1, 0.15) is 19.3 Å². The van der Waals surface area contributed by atoms with E-state index in [4.69, 9.17) is 0 Å². The van der Waals surface area contributed by atoms with E-state index in [2.05, 4.69) is 17.0 Å². The smallest absolute Gasteiger partial charge is 0.226 e. The third-order valence-electron chi connectivity index (χ3n) is 5.56. The molecule has 128 valence electrons. The van der Waals surface area contributed by atoms with Crippen molar-refractivity contribution in [3.05, 3.63) is 30.3 Å². The Bertz CT molecular complexity index is 604. The Morgan fingerprint density at radius 1 is 0.750 bits per heavy atom. The van der Waals surface area contributed by atoms with E-state index in [1.165, 1.54) is 5.69 Å². The van der Waals surface area contributed by atoms with Crippen molar-refractivity contribution in [3.8, 4) is 0 Å². The highest BCUT2D eigenvalue weighted by molar-refractivity contribution is 5.92. The van der Waals surface area contributed by atoms with Gasteiger partial charge in [-0.25, -0.2) is 0 Å². The monoisotopic (exact) mass is 327 g/mol. The first-order valence-electron chi connectivity index (χ1n) is 9.11. The number of carbonyl (C=O) groups excluding carboxylic acids is 2. The Morgan fingerprint density at radius 2 is 1.29 bits per heavy atom. The molecule has 1 aromatic carbocycles. The average Bonchev–Trinajstić information content (AvgIpc) is 3.25. The quantitative estimate of drug-likeness (QED) is 0.847. The molecule has 2 atom stereocenters. The lowest BCUT2D eigenvalue weighted by atomic mass is 10.2. The van der Waals surface area contributed by atoms with Crippen LogP contribution in [0.15, 0.2) is 30.3 Å². The molecule has 0 bridgehead atoms. The summed E-state index contributed by atoms with van der Waals surface area (Å²) >= 11 is 0. The molecule has 24 heavy (non-hydrogen) atoms. The van der Waals surface area contributed by atoms with Gasteiger partial charge in [0.2, 0.25) is 11.8 Å². The summed E-state index contributed by atoms with van der Waals surface area (Å²) in [6.07, 6.45) is 2.98. The zero-order chi connectivity index (χ0) is 16.5. The Hall–Kier alpha value is -2.04. The molecule has 0 radical (unpaired) electrons. The van der Waals surface area contributed by atoms with E-state index in [-0.39, 0.29) is 23.7 Å². The van der Waals surface area contributed by atoms with Gasteiger partial charge >= 0.3 is 0 Å². The minimum absolute atomic E-state index is 0.0391. The van der Waals surface area contributed by atoms with E-state index in [1.54, 1.807) is 0 Å². The van der Waals surface area contributed by atoms with Crippen LogP contribution in [0.4, 0.5) is 5.69 Å². The highest BCUT2D eigenvalue weighted by Crippen LogP contribution is 2.42. The number of carbonyl (C=O) groups is 2. The standard InChI is InChI=1S/C19H25N3O2/c23-18(21-8-4-5-9-21)16-14-17(16)19(24)22-12-10-20(11-13-22)15-6-2-1-3-7-15/h1-3,6-7,16-17H,4-5,8-14H2. The predicted octanol–water partition coefficient (Wildman–Crippen LogP) is 1.59. The molecule has 0 spiro atoms. The minimum atomic E-state index is -0.0543. The fourth-order valence-corrected chi connectivity index (χ4v) is 3.97. The van der Waals surface area contributed by atoms with E-state index in [0.717, 1.165) is 58.5 Å². The number of nitrogens with zero attached hydrogens (tertiary/aromatic N) is 3. The first kappa shape index (κ1) is 15.5. The Kier molecular flexibility index (Phi) is 4.17. The number of amides is 2. The van der Waals surface area contributed by atoms with E-state index in [0.29, 0.717) is 0 Å². The first-order valence-corrected chi connectivity index (χ1v) is 9.11. The lowest BCUT2D eigenvalue weighted by Crippen LogP contribution is -2.49. The maximum atomic E-state index is 12.7.